The second kappa shape index (κ2) is 6.39. The van der Waals surface area contributed by atoms with Crippen molar-refractivity contribution in [2.45, 2.75) is 18.9 Å². The van der Waals surface area contributed by atoms with E-state index in [2.05, 4.69) is 75.8 Å². The van der Waals surface area contributed by atoms with Crippen LogP contribution in [0.2, 0.25) is 0 Å². The molecule has 1 aliphatic rings. The maximum atomic E-state index is 4.29. The van der Waals surface area contributed by atoms with Gasteiger partial charge >= 0.3 is 0 Å². The zero-order chi connectivity index (χ0) is 15.5. The van der Waals surface area contributed by atoms with E-state index in [0.29, 0.717) is 5.92 Å². The lowest BCUT2D eigenvalue weighted by atomic mass is 9.91. The molecule has 0 amide bonds. The fraction of sp³-hybridized carbons (Fsp3) is 0.250. The third-order valence-corrected chi connectivity index (χ3v) is 4.60. The zero-order valence-corrected chi connectivity index (χ0v) is 13.2. The molecule has 3 nitrogen and oxygen atoms in total. The molecule has 116 valence electrons. The van der Waals surface area contributed by atoms with E-state index < -0.39 is 0 Å². The van der Waals surface area contributed by atoms with E-state index in [4.69, 9.17) is 0 Å². The Labute approximate surface area is 137 Å². The van der Waals surface area contributed by atoms with Gasteiger partial charge in [-0.25, -0.2) is 0 Å². The van der Waals surface area contributed by atoms with Crippen LogP contribution in [-0.2, 0) is 13.0 Å². The summed E-state index contributed by atoms with van der Waals surface area (Å²) in [5.41, 5.74) is 5.38. The van der Waals surface area contributed by atoms with Crippen molar-refractivity contribution >= 4 is 0 Å². The van der Waals surface area contributed by atoms with Crippen LogP contribution in [0.15, 0.2) is 66.9 Å². The molecule has 2 aromatic carbocycles. The molecule has 4 rings (SSSR count). The van der Waals surface area contributed by atoms with Crippen molar-refractivity contribution in [3.8, 4) is 0 Å². The molecule has 2 heterocycles. The summed E-state index contributed by atoms with van der Waals surface area (Å²) in [6.45, 7) is 3.26. The van der Waals surface area contributed by atoms with Crippen molar-refractivity contribution in [1.29, 1.82) is 0 Å². The van der Waals surface area contributed by atoms with Gasteiger partial charge in [0.25, 0.3) is 0 Å². The Bertz CT molecular complexity index is 743. The summed E-state index contributed by atoms with van der Waals surface area (Å²) in [6, 6.07) is 21.3. The Morgan fingerprint density at radius 1 is 0.913 bits per heavy atom. The first-order valence-electron chi connectivity index (χ1n) is 8.21. The fourth-order valence-corrected chi connectivity index (χ4v) is 3.35. The van der Waals surface area contributed by atoms with Crippen molar-refractivity contribution in [3.63, 3.8) is 0 Å². The maximum absolute atomic E-state index is 4.29. The van der Waals surface area contributed by atoms with Crippen molar-refractivity contribution in [2.75, 3.05) is 13.1 Å². The number of aromatic nitrogens is 2. The van der Waals surface area contributed by atoms with E-state index in [9.17, 15) is 0 Å². The molecule has 3 heteroatoms. The normalized spacial score (nSPS) is 15.5. The van der Waals surface area contributed by atoms with Crippen LogP contribution in [0.3, 0.4) is 0 Å². The largest absolute Gasteiger partial charge is 0.298 e. The number of aromatic amines is 1. The van der Waals surface area contributed by atoms with E-state index in [0.717, 1.165) is 26.1 Å². The average Bonchev–Trinajstić information content (AvgIpc) is 3.00. The van der Waals surface area contributed by atoms with Gasteiger partial charge in [0, 0.05) is 37.7 Å². The van der Waals surface area contributed by atoms with E-state index in [1.165, 1.54) is 22.4 Å². The number of rotatable bonds is 5. The molecule has 0 bridgehead atoms. The summed E-state index contributed by atoms with van der Waals surface area (Å²) in [7, 11) is 0. The number of likely N-dealkylation sites (tertiary alicyclic amines) is 1. The average molecular weight is 303 g/mol. The summed E-state index contributed by atoms with van der Waals surface area (Å²) in [4.78, 5) is 2.49. The standard InChI is InChI=1S/C20H21N3/c1-3-7-16(8-4-1)11-18-12-21-22-20(18)19-14-23(15-19)13-17-9-5-2-6-10-17/h1-10,12,19H,11,13-15H2,(H,21,22). The predicted octanol–water partition coefficient (Wildman–Crippen LogP) is 3.60. The topological polar surface area (TPSA) is 31.9 Å². The lowest BCUT2D eigenvalue weighted by Crippen LogP contribution is -2.44. The highest BCUT2D eigenvalue weighted by Gasteiger charge is 2.30. The highest BCUT2D eigenvalue weighted by Crippen LogP contribution is 2.30. The quantitative estimate of drug-likeness (QED) is 0.781. The van der Waals surface area contributed by atoms with Crippen LogP contribution in [0.5, 0.6) is 0 Å². The monoisotopic (exact) mass is 303 g/mol. The van der Waals surface area contributed by atoms with E-state index in [1.54, 1.807) is 0 Å². The van der Waals surface area contributed by atoms with Gasteiger partial charge in [0.2, 0.25) is 0 Å². The molecule has 1 N–H and O–H groups in total. The zero-order valence-electron chi connectivity index (χ0n) is 13.2. The molecule has 3 aromatic rings. The van der Waals surface area contributed by atoms with Crippen LogP contribution in [0.4, 0.5) is 0 Å². The molecule has 1 fully saturated rings. The molecule has 23 heavy (non-hydrogen) atoms. The number of benzene rings is 2. The van der Waals surface area contributed by atoms with Crippen LogP contribution in [0.1, 0.15) is 28.3 Å². The summed E-state index contributed by atoms with van der Waals surface area (Å²) in [5, 5.41) is 7.52. The van der Waals surface area contributed by atoms with Gasteiger partial charge in [-0.05, 0) is 16.7 Å². The van der Waals surface area contributed by atoms with Gasteiger partial charge in [0.15, 0.2) is 0 Å². The summed E-state index contributed by atoms with van der Waals surface area (Å²) < 4.78 is 0. The van der Waals surface area contributed by atoms with Gasteiger partial charge in [-0.15, -0.1) is 0 Å². The number of hydrogen-bond donors (Lipinski definition) is 1. The van der Waals surface area contributed by atoms with E-state index >= 15 is 0 Å². The number of hydrogen-bond acceptors (Lipinski definition) is 2. The number of nitrogens with zero attached hydrogens (tertiary/aromatic N) is 2. The van der Waals surface area contributed by atoms with Gasteiger partial charge in [0.1, 0.15) is 0 Å². The second-order valence-electron chi connectivity index (χ2n) is 6.35. The SMILES string of the molecule is c1ccc(Cc2cn[nH]c2C2CN(Cc3ccccc3)C2)cc1. The maximum Gasteiger partial charge on any atom is 0.0525 e. The van der Waals surface area contributed by atoms with Crippen molar-refractivity contribution in [2.24, 2.45) is 0 Å². The van der Waals surface area contributed by atoms with Gasteiger partial charge in [0.05, 0.1) is 6.20 Å². The molecule has 0 spiro atoms. The Morgan fingerprint density at radius 3 is 2.26 bits per heavy atom. The Hall–Kier alpha value is -2.39. The van der Waals surface area contributed by atoms with Gasteiger partial charge in [-0.2, -0.15) is 5.10 Å². The predicted molar refractivity (Wildman–Crippen MR) is 92.3 cm³/mol. The van der Waals surface area contributed by atoms with E-state index in [-0.39, 0.29) is 0 Å². The third-order valence-electron chi connectivity index (χ3n) is 4.60. The number of nitrogens with one attached hydrogen (secondary N) is 1. The Kier molecular flexibility index (Phi) is 3.95. The Balaban J connectivity index is 1.38. The molecular formula is C20H21N3. The lowest BCUT2D eigenvalue weighted by molar-refractivity contribution is 0.137. The smallest absolute Gasteiger partial charge is 0.0525 e. The summed E-state index contributed by atoms with van der Waals surface area (Å²) >= 11 is 0. The third kappa shape index (κ3) is 3.20. The van der Waals surface area contributed by atoms with Crippen LogP contribution >= 0.6 is 0 Å². The van der Waals surface area contributed by atoms with Crippen LogP contribution < -0.4 is 0 Å². The minimum Gasteiger partial charge on any atom is -0.298 e. The molecule has 0 unspecified atom stereocenters. The molecule has 1 saturated heterocycles. The highest BCUT2D eigenvalue weighted by molar-refractivity contribution is 5.30. The molecule has 1 aromatic heterocycles. The second-order valence-corrected chi connectivity index (χ2v) is 6.35. The van der Waals surface area contributed by atoms with Crippen LogP contribution in [0.25, 0.3) is 0 Å². The van der Waals surface area contributed by atoms with Crippen molar-refractivity contribution in [1.82, 2.24) is 15.1 Å². The molecular weight excluding hydrogens is 282 g/mol. The first-order chi connectivity index (χ1) is 11.4. The lowest BCUT2D eigenvalue weighted by Gasteiger charge is -2.39. The molecule has 0 aliphatic carbocycles. The summed E-state index contributed by atoms with van der Waals surface area (Å²) in [6.07, 6.45) is 2.95. The molecule has 0 radical (unpaired) electrons. The van der Waals surface area contributed by atoms with Gasteiger partial charge in [-0.3, -0.25) is 10.00 Å². The first-order valence-corrected chi connectivity index (χ1v) is 8.21. The highest BCUT2D eigenvalue weighted by atomic mass is 15.2. The Morgan fingerprint density at radius 2 is 1.57 bits per heavy atom. The minimum absolute atomic E-state index is 0.583. The first kappa shape index (κ1) is 14.2. The number of H-pyrrole nitrogens is 1. The van der Waals surface area contributed by atoms with E-state index in [1.807, 2.05) is 6.20 Å². The van der Waals surface area contributed by atoms with Crippen molar-refractivity contribution in [3.05, 3.63) is 89.2 Å². The van der Waals surface area contributed by atoms with Gasteiger partial charge < -0.3 is 0 Å². The van der Waals surface area contributed by atoms with Crippen LogP contribution in [0, 0.1) is 0 Å². The van der Waals surface area contributed by atoms with Crippen molar-refractivity contribution < 1.29 is 0 Å². The van der Waals surface area contributed by atoms with Gasteiger partial charge in [-0.1, -0.05) is 60.7 Å². The summed E-state index contributed by atoms with van der Waals surface area (Å²) in [5.74, 6) is 0.583. The molecule has 0 atom stereocenters. The molecule has 0 saturated carbocycles. The minimum atomic E-state index is 0.583. The van der Waals surface area contributed by atoms with Crippen LogP contribution in [-0.4, -0.2) is 28.2 Å². The molecule has 1 aliphatic heterocycles. The fourth-order valence-electron chi connectivity index (χ4n) is 3.35.